The van der Waals surface area contributed by atoms with Crippen LogP contribution in [0.15, 0.2) is 0 Å². The molecule has 0 spiro atoms. The number of Topliss-reactive ketones (excluding diaryl/α,β-unsaturated/α-hetero) is 1. The second-order valence-corrected chi connectivity index (χ2v) is 4.70. The third-order valence-corrected chi connectivity index (χ3v) is 2.63. The Balaban J connectivity index is 4.48. The Hall–Kier alpha value is -1.96. The molecule has 8 nitrogen and oxygen atoms in total. The lowest BCUT2D eigenvalue weighted by molar-refractivity contribution is -0.142. The van der Waals surface area contributed by atoms with Crippen LogP contribution in [0.2, 0.25) is 0 Å². The van der Waals surface area contributed by atoms with Crippen LogP contribution < -0.4 is 16.4 Å². The maximum atomic E-state index is 11.8. The molecule has 2 amide bonds. The van der Waals surface area contributed by atoms with Gasteiger partial charge >= 0.3 is 5.97 Å². The van der Waals surface area contributed by atoms with E-state index in [1.807, 2.05) is 0 Å². The van der Waals surface area contributed by atoms with Gasteiger partial charge in [0.15, 0.2) is 0 Å². The second kappa shape index (κ2) is 8.26. The molecule has 20 heavy (non-hydrogen) atoms. The Morgan fingerprint density at radius 1 is 1.20 bits per heavy atom. The van der Waals surface area contributed by atoms with Crippen LogP contribution in [-0.2, 0) is 19.2 Å². The molecule has 0 bridgehead atoms. The lowest BCUT2D eigenvalue weighted by Gasteiger charge is -2.18. The van der Waals surface area contributed by atoms with Crippen LogP contribution in [0.3, 0.4) is 0 Å². The first-order chi connectivity index (χ1) is 9.15. The van der Waals surface area contributed by atoms with Crippen LogP contribution in [0.4, 0.5) is 0 Å². The zero-order chi connectivity index (χ0) is 15.9. The molecule has 0 aromatic heterocycles. The molecule has 0 aromatic carbocycles. The van der Waals surface area contributed by atoms with Crippen molar-refractivity contribution in [2.24, 2.45) is 11.7 Å². The first-order valence-electron chi connectivity index (χ1n) is 6.21. The molecular weight excluding hydrogens is 266 g/mol. The molecular formula is C12H21N3O5. The molecule has 0 rings (SSSR count). The average Bonchev–Trinajstić information content (AvgIpc) is 2.32. The highest BCUT2D eigenvalue weighted by molar-refractivity contribution is 5.91. The van der Waals surface area contributed by atoms with Gasteiger partial charge in [0, 0.05) is 25.8 Å². The number of rotatable bonds is 8. The van der Waals surface area contributed by atoms with Crippen LogP contribution >= 0.6 is 0 Å². The fraction of sp³-hybridized carbons (Fsp3) is 0.667. The lowest BCUT2D eigenvalue weighted by atomic mass is 10.00. The smallest absolute Gasteiger partial charge is 0.328 e. The van der Waals surface area contributed by atoms with Crippen LogP contribution in [0.25, 0.3) is 0 Å². The minimum absolute atomic E-state index is 0.0595. The lowest BCUT2D eigenvalue weighted by Crippen LogP contribution is -2.49. The second-order valence-electron chi connectivity index (χ2n) is 4.70. The average molecular weight is 287 g/mol. The summed E-state index contributed by atoms with van der Waals surface area (Å²) in [6.07, 6.45) is -0.0595. The van der Waals surface area contributed by atoms with Crippen molar-refractivity contribution in [1.29, 1.82) is 0 Å². The summed E-state index contributed by atoms with van der Waals surface area (Å²) in [6.45, 7) is 4.05. The first-order valence-corrected chi connectivity index (χ1v) is 6.21. The summed E-state index contributed by atoms with van der Waals surface area (Å²) in [5.41, 5.74) is 5.39. The van der Waals surface area contributed by atoms with Crippen LogP contribution in [-0.4, -0.2) is 47.3 Å². The summed E-state index contributed by atoms with van der Waals surface area (Å²) in [5, 5.41) is 13.5. The molecule has 0 heterocycles. The van der Waals surface area contributed by atoms with Crippen molar-refractivity contribution in [3.05, 3.63) is 0 Å². The summed E-state index contributed by atoms with van der Waals surface area (Å²) in [6, 6.07) is -1.90. The van der Waals surface area contributed by atoms with Crippen molar-refractivity contribution in [3.63, 3.8) is 0 Å². The molecule has 0 saturated heterocycles. The number of aliphatic carboxylic acids is 1. The standard InChI is InChI=1S/C12H21N3O5/c1-6(4-10(17)7(2)13)11(18)15-9(12(19)20)5-14-8(3)16/h6-7,9H,4-5,13H2,1-3H3,(H,14,16)(H,15,18)(H,19,20). The van der Waals surface area contributed by atoms with Crippen LogP contribution in [0.5, 0.6) is 0 Å². The number of amides is 2. The number of carboxylic acid groups (broad SMARTS) is 1. The summed E-state index contributed by atoms with van der Waals surface area (Å²) >= 11 is 0. The molecule has 114 valence electrons. The van der Waals surface area contributed by atoms with E-state index in [-0.39, 0.29) is 18.7 Å². The van der Waals surface area contributed by atoms with E-state index >= 15 is 0 Å². The van der Waals surface area contributed by atoms with Gasteiger partial charge in [-0.05, 0) is 6.92 Å². The number of carbonyl (C=O) groups is 4. The molecule has 3 unspecified atom stereocenters. The third-order valence-electron chi connectivity index (χ3n) is 2.63. The van der Waals surface area contributed by atoms with Crippen molar-refractivity contribution < 1.29 is 24.3 Å². The molecule has 0 aliphatic rings. The monoisotopic (exact) mass is 287 g/mol. The van der Waals surface area contributed by atoms with Crippen molar-refractivity contribution in [3.8, 4) is 0 Å². The summed E-state index contributed by atoms with van der Waals surface area (Å²) in [7, 11) is 0. The van der Waals surface area contributed by atoms with E-state index in [1.165, 1.54) is 20.8 Å². The number of carbonyl (C=O) groups excluding carboxylic acids is 3. The Bertz CT molecular complexity index is 395. The molecule has 0 aliphatic heterocycles. The molecule has 0 radical (unpaired) electrons. The number of hydrogen-bond acceptors (Lipinski definition) is 5. The topological polar surface area (TPSA) is 139 Å². The normalized spacial score (nSPS) is 14.8. The zero-order valence-electron chi connectivity index (χ0n) is 11.8. The largest absolute Gasteiger partial charge is 0.480 e. The maximum absolute atomic E-state index is 11.8. The number of ketones is 1. The van der Waals surface area contributed by atoms with E-state index in [0.717, 1.165) is 0 Å². The number of carboxylic acids is 1. The highest BCUT2D eigenvalue weighted by Crippen LogP contribution is 2.05. The van der Waals surface area contributed by atoms with Gasteiger partial charge in [-0.2, -0.15) is 0 Å². The highest BCUT2D eigenvalue weighted by Gasteiger charge is 2.25. The third kappa shape index (κ3) is 6.83. The van der Waals surface area contributed by atoms with Crippen LogP contribution in [0.1, 0.15) is 27.2 Å². The highest BCUT2D eigenvalue weighted by atomic mass is 16.4. The summed E-state index contributed by atoms with van der Waals surface area (Å²) in [4.78, 5) is 44.9. The van der Waals surface area contributed by atoms with Crippen molar-refractivity contribution in [2.75, 3.05) is 6.54 Å². The SMILES string of the molecule is CC(=O)NCC(NC(=O)C(C)CC(=O)C(C)N)C(=O)O. The number of nitrogens with two attached hydrogens (primary N) is 1. The van der Waals surface area contributed by atoms with E-state index in [4.69, 9.17) is 10.8 Å². The predicted molar refractivity (Wildman–Crippen MR) is 70.7 cm³/mol. The number of hydrogen-bond donors (Lipinski definition) is 4. The molecule has 8 heteroatoms. The molecule has 5 N–H and O–H groups in total. The Morgan fingerprint density at radius 3 is 2.15 bits per heavy atom. The van der Waals surface area contributed by atoms with Gasteiger partial charge in [-0.1, -0.05) is 6.92 Å². The Labute approximate surface area is 117 Å². The van der Waals surface area contributed by atoms with Gasteiger partial charge in [-0.3, -0.25) is 14.4 Å². The van der Waals surface area contributed by atoms with Gasteiger partial charge in [0.2, 0.25) is 11.8 Å². The van der Waals surface area contributed by atoms with Gasteiger partial charge in [0.25, 0.3) is 0 Å². The molecule has 0 fully saturated rings. The molecule has 0 aromatic rings. The summed E-state index contributed by atoms with van der Waals surface area (Å²) < 4.78 is 0. The Morgan fingerprint density at radius 2 is 1.75 bits per heavy atom. The van der Waals surface area contributed by atoms with Gasteiger partial charge in [0.1, 0.15) is 11.8 Å². The van der Waals surface area contributed by atoms with Crippen LogP contribution in [0, 0.1) is 5.92 Å². The van der Waals surface area contributed by atoms with Gasteiger partial charge in [0.05, 0.1) is 6.04 Å². The fourth-order valence-corrected chi connectivity index (χ4v) is 1.34. The van der Waals surface area contributed by atoms with Gasteiger partial charge < -0.3 is 21.5 Å². The number of nitrogens with one attached hydrogen (secondary N) is 2. The Kier molecular flexibility index (Phi) is 7.45. The predicted octanol–water partition coefficient (Wildman–Crippen LogP) is -1.37. The molecule has 0 aliphatic carbocycles. The minimum atomic E-state index is -1.27. The molecule has 3 atom stereocenters. The van der Waals surface area contributed by atoms with Gasteiger partial charge in [-0.25, -0.2) is 4.79 Å². The minimum Gasteiger partial charge on any atom is -0.480 e. The fourth-order valence-electron chi connectivity index (χ4n) is 1.34. The van der Waals surface area contributed by atoms with E-state index in [9.17, 15) is 19.2 Å². The van der Waals surface area contributed by atoms with E-state index < -0.39 is 35.8 Å². The maximum Gasteiger partial charge on any atom is 0.328 e. The first kappa shape index (κ1) is 18.0. The van der Waals surface area contributed by atoms with Gasteiger partial charge in [-0.15, -0.1) is 0 Å². The zero-order valence-corrected chi connectivity index (χ0v) is 11.8. The van der Waals surface area contributed by atoms with Crippen molar-refractivity contribution >= 4 is 23.6 Å². The molecule has 0 saturated carbocycles. The van der Waals surface area contributed by atoms with Crippen molar-refractivity contribution in [1.82, 2.24) is 10.6 Å². The van der Waals surface area contributed by atoms with E-state index in [2.05, 4.69) is 10.6 Å². The quantitative estimate of drug-likeness (QED) is 0.434. The van der Waals surface area contributed by atoms with E-state index in [0.29, 0.717) is 0 Å². The summed E-state index contributed by atoms with van der Waals surface area (Å²) in [5.74, 6) is -3.20. The van der Waals surface area contributed by atoms with E-state index in [1.54, 1.807) is 0 Å². The van der Waals surface area contributed by atoms with Crippen molar-refractivity contribution in [2.45, 2.75) is 39.3 Å².